The van der Waals surface area contributed by atoms with Crippen molar-refractivity contribution in [3.63, 3.8) is 0 Å². The van der Waals surface area contributed by atoms with E-state index in [1.54, 1.807) is 0 Å². The molecule has 3 rings (SSSR count). The molecule has 0 spiro atoms. The van der Waals surface area contributed by atoms with E-state index in [1.165, 1.54) is 35.5 Å². The molecule has 2 aromatic carbocycles. The number of carbonyl (C=O) groups excluding carboxylic acids is 1. The summed E-state index contributed by atoms with van der Waals surface area (Å²) < 4.78 is 5.51. The third-order valence-electron chi connectivity index (χ3n) is 4.01. The minimum Gasteiger partial charge on any atom is -0.431 e. The number of aromatic nitrogens is 1. The SMILES string of the molecule is C[C@H](CCc1ccccc1)NC(=O)CSc1nc2cc([N+](=O)[O-])ccc2o1. The lowest BCUT2D eigenvalue weighted by atomic mass is 10.1. The van der Waals surface area contributed by atoms with Crippen molar-refractivity contribution in [2.75, 3.05) is 5.75 Å². The van der Waals surface area contributed by atoms with Gasteiger partial charge in [0.25, 0.3) is 10.9 Å². The van der Waals surface area contributed by atoms with Crippen LogP contribution in [0.3, 0.4) is 0 Å². The first kappa shape index (κ1) is 18.9. The Morgan fingerprint density at radius 1 is 1.30 bits per heavy atom. The number of nitrogens with zero attached hydrogens (tertiary/aromatic N) is 2. The summed E-state index contributed by atoms with van der Waals surface area (Å²) in [4.78, 5) is 26.6. The lowest BCUT2D eigenvalue weighted by molar-refractivity contribution is -0.384. The van der Waals surface area contributed by atoms with E-state index in [2.05, 4.69) is 22.4 Å². The van der Waals surface area contributed by atoms with Crippen molar-refractivity contribution >= 4 is 34.5 Å². The van der Waals surface area contributed by atoms with E-state index in [9.17, 15) is 14.9 Å². The number of non-ortho nitro benzene ring substituents is 1. The highest BCUT2D eigenvalue weighted by Crippen LogP contribution is 2.26. The van der Waals surface area contributed by atoms with Gasteiger partial charge in [-0.3, -0.25) is 14.9 Å². The molecule has 3 aromatic rings. The maximum absolute atomic E-state index is 12.1. The minimum atomic E-state index is -0.481. The second-order valence-electron chi connectivity index (χ2n) is 6.17. The Labute approximate surface area is 160 Å². The average molecular weight is 385 g/mol. The molecule has 0 aliphatic carbocycles. The number of carbonyl (C=O) groups is 1. The van der Waals surface area contributed by atoms with Gasteiger partial charge in [-0.1, -0.05) is 42.1 Å². The molecule has 0 bridgehead atoms. The molecule has 1 amide bonds. The second-order valence-corrected chi connectivity index (χ2v) is 7.10. The van der Waals surface area contributed by atoms with Crippen LogP contribution in [0.15, 0.2) is 58.2 Å². The number of amides is 1. The van der Waals surface area contributed by atoms with Gasteiger partial charge in [-0.25, -0.2) is 4.98 Å². The molecule has 1 atom stereocenters. The molecule has 0 saturated heterocycles. The van der Waals surface area contributed by atoms with E-state index < -0.39 is 4.92 Å². The van der Waals surface area contributed by atoms with Crippen LogP contribution < -0.4 is 5.32 Å². The quantitative estimate of drug-likeness (QED) is 0.358. The molecular weight excluding hydrogens is 366 g/mol. The van der Waals surface area contributed by atoms with Gasteiger partial charge < -0.3 is 9.73 Å². The molecule has 0 unspecified atom stereocenters. The number of rotatable bonds is 8. The van der Waals surface area contributed by atoms with Gasteiger partial charge in [0, 0.05) is 18.2 Å². The van der Waals surface area contributed by atoms with E-state index in [0.29, 0.717) is 16.3 Å². The molecule has 1 N–H and O–H groups in total. The Morgan fingerprint density at radius 2 is 2.07 bits per heavy atom. The average Bonchev–Trinajstić information content (AvgIpc) is 3.07. The van der Waals surface area contributed by atoms with Crippen LogP contribution in [0.4, 0.5) is 5.69 Å². The lowest BCUT2D eigenvalue weighted by Gasteiger charge is -2.13. The Balaban J connectivity index is 1.48. The van der Waals surface area contributed by atoms with Crippen molar-refractivity contribution in [1.82, 2.24) is 10.3 Å². The van der Waals surface area contributed by atoms with Gasteiger partial charge in [0.1, 0.15) is 5.52 Å². The molecule has 0 fully saturated rings. The summed E-state index contributed by atoms with van der Waals surface area (Å²) in [6, 6.07) is 14.4. The van der Waals surface area contributed by atoms with E-state index >= 15 is 0 Å². The van der Waals surface area contributed by atoms with Crippen LogP contribution in [-0.4, -0.2) is 27.6 Å². The lowest BCUT2D eigenvalue weighted by Crippen LogP contribution is -2.34. The molecule has 140 valence electrons. The molecule has 0 aliphatic rings. The number of oxazole rings is 1. The van der Waals surface area contributed by atoms with Crippen LogP contribution in [0, 0.1) is 10.1 Å². The van der Waals surface area contributed by atoms with Gasteiger partial charge in [-0.2, -0.15) is 0 Å². The number of benzene rings is 2. The summed E-state index contributed by atoms with van der Waals surface area (Å²) in [6.45, 7) is 1.98. The van der Waals surface area contributed by atoms with Gasteiger partial charge >= 0.3 is 0 Å². The molecule has 0 saturated carbocycles. The fourth-order valence-corrected chi connectivity index (χ4v) is 3.26. The van der Waals surface area contributed by atoms with E-state index in [0.717, 1.165) is 12.8 Å². The van der Waals surface area contributed by atoms with Crippen molar-refractivity contribution in [3.05, 3.63) is 64.2 Å². The number of thioether (sulfide) groups is 1. The third-order valence-corrected chi connectivity index (χ3v) is 4.83. The van der Waals surface area contributed by atoms with Crippen molar-refractivity contribution in [3.8, 4) is 0 Å². The number of hydrogen-bond donors (Lipinski definition) is 1. The maximum atomic E-state index is 12.1. The topological polar surface area (TPSA) is 98.3 Å². The van der Waals surface area contributed by atoms with Crippen LogP contribution in [0.5, 0.6) is 0 Å². The molecular formula is C19H19N3O4S. The Kier molecular flexibility index (Phi) is 6.08. The van der Waals surface area contributed by atoms with Gasteiger partial charge in [-0.15, -0.1) is 0 Å². The zero-order valence-corrected chi connectivity index (χ0v) is 15.6. The monoisotopic (exact) mass is 385 g/mol. The molecule has 1 heterocycles. The normalized spacial score (nSPS) is 12.0. The summed E-state index contributed by atoms with van der Waals surface area (Å²) in [5.74, 6) is 0.0683. The van der Waals surface area contributed by atoms with Crippen LogP contribution in [-0.2, 0) is 11.2 Å². The van der Waals surface area contributed by atoms with Gasteiger partial charge in [0.2, 0.25) is 5.91 Å². The van der Waals surface area contributed by atoms with E-state index in [-0.39, 0.29) is 23.4 Å². The van der Waals surface area contributed by atoms with Gasteiger partial charge in [0.05, 0.1) is 10.7 Å². The first-order chi connectivity index (χ1) is 13.0. The maximum Gasteiger partial charge on any atom is 0.271 e. The fraction of sp³-hybridized carbons (Fsp3) is 0.263. The Hall–Kier alpha value is -2.87. The molecule has 1 aromatic heterocycles. The highest BCUT2D eigenvalue weighted by molar-refractivity contribution is 7.99. The number of fused-ring (bicyclic) bond motifs is 1. The number of nitro benzene ring substituents is 1. The second kappa shape index (κ2) is 8.68. The van der Waals surface area contributed by atoms with Crippen molar-refractivity contribution in [2.24, 2.45) is 0 Å². The first-order valence-corrected chi connectivity index (χ1v) is 9.51. The van der Waals surface area contributed by atoms with E-state index in [4.69, 9.17) is 4.42 Å². The number of aryl methyl sites for hydroxylation is 1. The minimum absolute atomic E-state index is 0.0441. The zero-order chi connectivity index (χ0) is 19.2. The van der Waals surface area contributed by atoms with Crippen LogP contribution in [0.25, 0.3) is 11.1 Å². The standard InChI is InChI=1S/C19H19N3O4S/c1-13(7-8-14-5-3-2-4-6-14)20-18(23)12-27-19-21-16-11-15(22(24)25)9-10-17(16)26-19/h2-6,9-11,13H,7-8,12H2,1H3,(H,20,23)/t13-/m1/s1. The molecule has 27 heavy (non-hydrogen) atoms. The van der Waals surface area contributed by atoms with Crippen molar-refractivity contribution in [1.29, 1.82) is 0 Å². The van der Waals surface area contributed by atoms with Crippen LogP contribution >= 0.6 is 11.8 Å². The van der Waals surface area contributed by atoms with Crippen LogP contribution in [0.1, 0.15) is 18.9 Å². The summed E-state index contributed by atoms with van der Waals surface area (Å²) in [6.07, 6.45) is 1.76. The summed E-state index contributed by atoms with van der Waals surface area (Å²) in [7, 11) is 0. The highest BCUT2D eigenvalue weighted by atomic mass is 32.2. The number of hydrogen-bond acceptors (Lipinski definition) is 6. The van der Waals surface area contributed by atoms with Crippen molar-refractivity contribution < 1.29 is 14.1 Å². The Morgan fingerprint density at radius 3 is 2.81 bits per heavy atom. The fourth-order valence-electron chi connectivity index (χ4n) is 2.61. The molecule has 7 nitrogen and oxygen atoms in total. The van der Waals surface area contributed by atoms with Crippen LogP contribution in [0.2, 0.25) is 0 Å². The summed E-state index contributed by atoms with van der Waals surface area (Å²) in [5, 5.41) is 14.1. The summed E-state index contributed by atoms with van der Waals surface area (Å²) in [5.41, 5.74) is 2.06. The molecule has 0 radical (unpaired) electrons. The molecule has 8 heteroatoms. The van der Waals surface area contributed by atoms with E-state index in [1.807, 2.05) is 25.1 Å². The molecule has 0 aliphatic heterocycles. The zero-order valence-electron chi connectivity index (χ0n) is 14.8. The summed E-state index contributed by atoms with van der Waals surface area (Å²) >= 11 is 1.17. The third kappa shape index (κ3) is 5.30. The van der Waals surface area contributed by atoms with Gasteiger partial charge in [0.15, 0.2) is 5.58 Å². The predicted octanol–water partition coefficient (Wildman–Crippen LogP) is 3.97. The number of nitrogens with one attached hydrogen (secondary N) is 1. The largest absolute Gasteiger partial charge is 0.431 e. The van der Waals surface area contributed by atoms with Crippen molar-refractivity contribution in [2.45, 2.75) is 31.0 Å². The predicted molar refractivity (Wildman–Crippen MR) is 104 cm³/mol. The number of nitro groups is 1. The Bertz CT molecular complexity index is 943. The first-order valence-electron chi connectivity index (χ1n) is 8.52. The smallest absolute Gasteiger partial charge is 0.271 e. The highest BCUT2D eigenvalue weighted by Gasteiger charge is 2.14. The van der Waals surface area contributed by atoms with Gasteiger partial charge in [-0.05, 0) is 31.4 Å².